The van der Waals surface area contributed by atoms with E-state index in [0.29, 0.717) is 13.0 Å². The maximum Gasteiger partial charge on any atom is 0.315 e. The van der Waals surface area contributed by atoms with Crippen LogP contribution in [0, 0.1) is 5.92 Å². The molecule has 1 aromatic rings. The summed E-state index contributed by atoms with van der Waals surface area (Å²) in [5.74, 6) is -1.10. The number of urea groups is 1. The normalized spacial score (nSPS) is 13.5. The number of carbonyl (C=O) groups excluding carboxylic acids is 1. The molecule has 0 aromatic carbocycles. The van der Waals surface area contributed by atoms with Crippen molar-refractivity contribution < 1.29 is 14.7 Å². The molecule has 0 aliphatic carbocycles. The molecule has 0 aliphatic rings. The summed E-state index contributed by atoms with van der Waals surface area (Å²) in [5, 5.41) is 16.4. The van der Waals surface area contributed by atoms with E-state index in [1.54, 1.807) is 18.3 Å². The zero-order valence-electron chi connectivity index (χ0n) is 12.2. The van der Waals surface area contributed by atoms with Crippen molar-refractivity contribution in [2.75, 3.05) is 0 Å². The molecule has 0 saturated carbocycles. The first-order valence-corrected chi connectivity index (χ1v) is 8.56. The second kappa shape index (κ2) is 9.04. The lowest BCUT2D eigenvalue weighted by atomic mass is 10.0. The number of halogens is 1. The molecule has 0 bridgehead atoms. The van der Waals surface area contributed by atoms with Crippen molar-refractivity contribution in [3.05, 3.63) is 20.8 Å². The number of amides is 2. The number of hydrogen-bond donors (Lipinski definition) is 3. The first-order valence-electron chi connectivity index (χ1n) is 6.89. The molecular weight excluding hydrogens is 356 g/mol. The Hall–Kier alpha value is -1.08. The quantitative estimate of drug-likeness (QED) is 0.648. The minimum absolute atomic E-state index is 0.0257. The third-order valence-corrected chi connectivity index (χ3v) is 5.10. The summed E-state index contributed by atoms with van der Waals surface area (Å²) >= 11 is 5.00. The van der Waals surface area contributed by atoms with Crippen LogP contribution in [0.1, 0.15) is 38.0 Å². The first kappa shape index (κ1) is 18.0. The summed E-state index contributed by atoms with van der Waals surface area (Å²) in [5.41, 5.74) is 0. The highest BCUT2D eigenvalue weighted by Crippen LogP contribution is 2.22. The zero-order chi connectivity index (χ0) is 15.8. The average molecular weight is 377 g/mol. The average Bonchev–Trinajstić information content (AvgIpc) is 2.81. The van der Waals surface area contributed by atoms with Crippen LogP contribution in [0.2, 0.25) is 0 Å². The van der Waals surface area contributed by atoms with Gasteiger partial charge in [0.25, 0.3) is 0 Å². The van der Waals surface area contributed by atoms with Gasteiger partial charge in [-0.15, -0.1) is 11.3 Å². The lowest BCUT2D eigenvalue weighted by molar-refractivity contribution is -0.141. The summed E-state index contributed by atoms with van der Waals surface area (Å²) in [4.78, 5) is 23.5. The van der Waals surface area contributed by atoms with Gasteiger partial charge in [-0.25, -0.2) is 4.79 Å². The van der Waals surface area contributed by atoms with Gasteiger partial charge in [0.15, 0.2) is 0 Å². The largest absolute Gasteiger partial charge is 0.481 e. The van der Waals surface area contributed by atoms with E-state index in [0.717, 1.165) is 22.2 Å². The zero-order valence-corrected chi connectivity index (χ0v) is 14.6. The van der Waals surface area contributed by atoms with Crippen molar-refractivity contribution in [1.82, 2.24) is 10.6 Å². The number of carbonyl (C=O) groups is 2. The van der Waals surface area contributed by atoms with E-state index >= 15 is 0 Å². The first-order chi connectivity index (χ1) is 9.90. The predicted octanol–water partition coefficient (Wildman–Crippen LogP) is 3.59. The number of hydrogen-bond acceptors (Lipinski definition) is 3. The lowest BCUT2D eigenvalue weighted by Gasteiger charge is -2.15. The van der Waals surface area contributed by atoms with Crippen molar-refractivity contribution in [2.45, 2.75) is 45.7 Å². The second-order valence-electron chi connectivity index (χ2n) is 5.09. The van der Waals surface area contributed by atoms with Crippen LogP contribution < -0.4 is 10.6 Å². The molecule has 2 atom stereocenters. The van der Waals surface area contributed by atoms with Gasteiger partial charge in [0, 0.05) is 15.4 Å². The maximum absolute atomic E-state index is 11.7. The van der Waals surface area contributed by atoms with Crippen LogP contribution in [0.25, 0.3) is 0 Å². The molecule has 0 radical (unpaired) electrons. The van der Waals surface area contributed by atoms with E-state index in [1.165, 1.54) is 0 Å². The number of rotatable bonds is 8. The Kier molecular flexibility index (Phi) is 7.74. The fourth-order valence-corrected chi connectivity index (χ4v) is 3.24. The molecule has 0 spiro atoms. The molecule has 118 valence electrons. The van der Waals surface area contributed by atoms with E-state index in [-0.39, 0.29) is 18.0 Å². The van der Waals surface area contributed by atoms with Gasteiger partial charge in [0.2, 0.25) is 0 Å². The second-order valence-corrected chi connectivity index (χ2v) is 6.94. The highest BCUT2D eigenvalue weighted by Gasteiger charge is 2.12. The molecule has 2 amide bonds. The number of thiophene rings is 1. The summed E-state index contributed by atoms with van der Waals surface area (Å²) in [7, 11) is 0. The SMILES string of the molecule is CC(CCCC(C)C(=O)O)NC(=O)NCc1sccc1Br. The van der Waals surface area contributed by atoms with Crippen LogP contribution in [-0.4, -0.2) is 23.1 Å². The minimum atomic E-state index is -0.769. The summed E-state index contributed by atoms with van der Waals surface area (Å²) < 4.78 is 1.00. The number of nitrogens with one attached hydrogen (secondary N) is 2. The third kappa shape index (κ3) is 6.95. The van der Waals surface area contributed by atoms with E-state index in [2.05, 4.69) is 26.6 Å². The van der Waals surface area contributed by atoms with E-state index in [4.69, 9.17) is 5.11 Å². The lowest BCUT2D eigenvalue weighted by Crippen LogP contribution is -2.40. The molecule has 0 fully saturated rings. The van der Waals surface area contributed by atoms with Gasteiger partial charge >= 0.3 is 12.0 Å². The Morgan fingerprint density at radius 2 is 2.10 bits per heavy atom. The maximum atomic E-state index is 11.7. The molecule has 1 rings (SSSR count). The molecule has 5 nitrogen and oxygen atoms in total. The summed E-state index contributed by atoms with van der Waals surface area (Å²) in [6, 6.07) is 1.78. The van der Waals surface area contributed by atoms with Crippen LogP contribution in [0.3, 0.4) is 0 Å². The molecule has 2 unspecified atom stereocenters. The van der Waals surface area contributed by atoms with Gasteiger partial charge in [0.1, 0.15) is 0 Å². The van der Waals surface area contributed by atoms with Gasteiger partial charge in [-0.3, -0.25) is 4.79 Å². The Bertz CT molecular complexity index is 479. The van der Waals surface area contributed by atoms with Crippen molar-refractivity contribution in [3.8, 4) is 0 Å². The van der Waals surface area contributed by atoms with Crippen LogP contribution in [-0.2, 0) is 11.3 Å². The molecule has 21 heavy (non-hydrogen) atoms. The number of carboxylic acids is 1. The standard InChI is InChI=1S/C14H21BrN2O3S/c1-9(13(18)19)4-3-5-10(2)17-14(20)16-8-12-11(15)6-7-21-12/h6-7,9-10H,3-5,8H2,1-2H3,(H,18,19)(H2,16,17,20). The van der Waals surface area contributed by atoms with Gasteiger partial charge in [-0.2, -0.15) is 0 Å². The fourth-order valence-electron chi connectivity index (χ4n) is 1.81. The molecule has 1 aromatic heterocycles. The smallest absolute Gasteiger partial charge is 0.315 e. The Morgan fingerprint density at radius 3 is 2.67 bits per heavy atom. The van der Waals surface area contributed by atoms with Crippen molar-refractivity contribution in [1.29, 1.82) is 0 Å². The topological polar surface area (TPSA) is 78.4 Å². The van der Waals surface area contributed by atoms with Gasteiger partial charge in [-0.1, -0.05) is 13.3 Å². The van der Waals surface area contributed by atoms with Crippen molar-refractivity contribution in [3.63, 3.8) is 0 Å². The molecule has 1 heterocycles. The Morgan fingerprint density at radius 1 is 1.38 bits per heavy atom. The van der Waals surface area contributed by atoms with Gasteiger partial charge < -0.3 is 15.7 Å². The van der Waals surface area contributed by atoms with Crippen LogP contribution in [0.15, 0.2) is 15.9 Å². The Balaban J connectivity index is 2.19. The molecule has 0 aliphatic heterocycles. The van der Waals surface area contributed by atoms with Gasteiger partial charge in [0.05, 0.1) is 12.5 Å². The van der Waals surface area contributed by atoms with E-state index in [1.807, 2.05) is 18.4 Å². The van der Waals surface area contributed by atoms with Crippen LogP contribution in [0.5, 0.6) is 0 Å². The van der Waals surface area contributed by atoms with Crippen LogP contribution >= 0.6 is 27.3 Å². The van der Waals surface area contributed by atoms with Gasteiger partial charge in [-0.05, 0) is 47.1 Å². The molecule has 3 N–H and O–H groups in total. The van der Waals surface area contributed by atoms with E-state index < -0.39 is 5.97 Å². The molecule has 0 saturated heterocycles. The summed E-state index contributed by atoms with van der Waals surface area (Å²) in [6.07, 6.45) is 2.18. The van der Waals surface area contributed by atoms with Crippen molar-refractivity contribution >= 4 is 39.3 Å². The monoisotopic (exact) mass is 376 g/mol. The molecule has 7 heteroatoms. The Labute approximate surface area is 137 Å². The minimum Gasteiger partial charge on any atom is -0.481 e. The van der Waals surface area contributed by atoms with E-state index in [9.17, 15) is 9.59 Å². The third-order valence-electron chi connectivity index (χ3n) is 3.17. The van der Waals surface area contributed by atoms with Crippen molar-refractivity contribution in [2.24, 2.45) is 5.92 Å². The number of carboxylic acid groups (broad SMARTS) is 1. The van der Waals surface area contributed by atoms with Crippen LogP contribution in [0.4, 0.5) is 4.79 Å². The highest BCUT2D eigenvalue weighted by atomic mass is 79.9. The highest BCUT2D eigenvalue weighted by molar-refractivity contribution is 9.10. The number of aliphatic carboxylic acids is 1. The summed E-state index contributed by atoms with van der Waals surface area (Å²) in [6.45, 7) is 4.12. The molecular formula is C14H21BrN2O3S. The predicted molar refractivity (Wildman–Crippen MR) is 87.5 cm³/mol. The fraction of sp³-hybridized carbons (Fsp3) is 0.571.